The topological polar surface area (TPSA) is 51.3 Å². The summed E-state index contributed by atoms with van der Waals surface area (Å²) < 4.78 is 2.06. The van der Waals surface area contributed by atoms with E-state index in [0.29, 0.717) is 11.7 Å². The van der Waals surface area contributed by atoms with Crippen molar-refractivity contribution in [3.05, 3.63) is 18.0 Å². The zero-order chi connectivity index (χ0) is 14.0. The van der Waals surface area contributed by atoms with E-state index < -0.39 is 0 Å². The number of hydrogen-bond donors (Lipinski definition) is 1. The molecule has 1 aliphatic rings. The molecule has 1 saturated carbocycles. The van der Waals surface area contributed by atoms with Crippen molar-refractivity contribution in [3.63, 3.8) is 0 Å². The second-order valence-electron chi connectivity index (χ2n) is 5.23. The zero-order valence-electron chi connectivity index (χ0n) is 11.9. The third-order valence-corrected chi connectivity index (χ3v) is 4.45. The van der Waals surface area contributed by atoms with Gasteiger partial charge < -0.3 is 15.2 Å². The Labute approximate surface area is 119 Å². The van der Waals surface area contributed by atoms with Gasteiger partial charge in [-0.25, -0.2) is 0 Å². The Kier molecular flexibility index (Phi) is 4.45. The standard InChI is InChI=1S/C14H23N3OS/c1-4-11(9-19-3)16(2)14(18)13-7-10(15)8-17(13)12-5-6-12/h7-8,11-12H,4-6,9,15H2,1-3H3. The molecule has 4 nitrogen and oxygen atoms in total. The molecule has 0 saturated heterocycles. The van der Waals surface area contributed by atoms with Crippen molar-refractivity contribution < 1.29 is 4.79 Å². The summed E-state index contributed by atoms with van der Waals surface area (Å²) >= 11 is 1.78. The lowest BCUT2D eigenvalue weighted by Crippen LogP contribution is -2.39. The van der Waals surface area contributed by atoms with Crippen LogP contribution in [0.5, 0.6) is 0 Å². The minimum Gasteiger partial charge on any atom is -0.397 e. The molecule has 1 unspecified atom stereocenters. The van der Waals surface area contributed by atoms with Crippen molar-refractivity contribution >= 4 is 23.4 Å². The minimum atomic E-state index is 0.0875. The van der Waals surface area contributed by atoms with Gasteiger partial charge in [0.15, 0.2) is 0 Å². The molecule has 1 amide bonds. The largest absolute Gasteiger partial charge is 0.397 e. The van der Waals surface area contributed by atoms with Gasteiger partial charge in [-0.1, -0.05) is 6.92 Å². The fourth-order valence-corrected chi connectivity index (χ4v) is 3.21. The van der Waals surface area contributed by atoms with E-state index in [4.69, 9.17) is 5.73 Å². The number of anilines is 1. The number of hydrogen-bond acceptors (Lipinski definition) is 3. The van der Waals surface area contributed by atoms with E-state index in [2.05, 4.69) is 17.7 Å². The van der Waals surface area contributed by atoms with E-state index in [-0.39, 0.29) is 11.9 Å². The second-order valence-corrected chi connectivity index (χ2v) is 6.14. The highest BCUT2D eigenvalue weighted by Gasteiger charge is 2.30. The highest BCUT2D eigenvalue weighted by molar-refractivity contribution is 7.98. The van der Waals surface area contributed by atoms with Gasteiger partial charge in [-0.2, -0.15) is 11.8 Å². The van der Waals surface area contributed by atoms with Gasteiger partial charge in [0.25, 0.3) is 5.91 Å². The molecule has 1 aliphatic carbocycles. The summed E-state index contributed by atoms with van der Waals surface area (Å²) in [4.78, 5) is 14.5. The number of carbonyl (C=O) groups is 1. The van der Waals surface area contributed by atoms with Crippen molar-refractivity contribution in [3.8, 4) is 0 Å². The monoisotopic (exact) mass is 281 g/mol. The van der Waals surface area contributed by atoms with Crippen LogP contribution in [0.2, 0.25) is 0 Å². The first-order valence-corrected chi connectivity index (χ1v) is 8.21. The summed E-state index contributed by atoms with van der Waals surface area (Å²) in [7, 11) is 1.90. The fourth-order valence-electron chi connectivity index (χ4n) is 2.37. The quantitative estimate of drug-likeness (QED) is 0.872. The number of aromatic nitrogens is 1. The van der Waals surface area contributed by atoms with Gasteiger partial charge in [0.2, 0.25) is 0 Å². The summed E-state index contributed by atoms with van der Waals surface area (Å²) in [6.07, 6.45) is 7.25. The molecule has 0 aliphatic heterocycles. The molecule has 1 aromatic rings. The van der Waals surface area contributed by atoms with Crippen molar-refractivity contribution in [2.24, 2.45) is 0 Å². The second kappa shape index (κ2) is 5.90. The summed E-state index contributed by atoms with van der Waals surface area (Å²) in [5.41, 5.74) is 7.27. The summed E-state index contributed by atoms with van der Waals surface area (Å²) in [6, 6.07) is 2.57. The molecule has 0 radical (unpaired) electrons. The predicted octanol–water partition coefficient (Wildman–Crippen LogP) is 2.62. The first-order valence-electron chi connectivity index (χ1n) is 6.81. The fraction of sp³-hybridized carbons (Fsp3) is 0.643. The molecule has 19 heavy (non-hydrogen) atoms. The van der Waals surface area contributed by atoms with E-state index in [0.717, 1.165) is 30.7 Å². The third-order valence-electron chi connectivity index (χ3n) is 3.73. The summed E-state index contributed by atoms with van der Waals surface area (Å²) in [5, 5.41) is 0. The third kappa shape index (κ3) is 3.08. The van der Waals surface area contributed by atoms with Crippen LogP contribution in [0.4, 0.5) is 5.69 Å². The summed E-state index contributed by atoms with van der Waals surface area (Å²) in [6.45, 7) is 2.12. The highest BCUT2D eigenvalue weighted by Crippen LogP contribution is 2.37. The Morgan fingerprint density at radius 1 is 1.63 bits per heavy atom. The maximum absolute atomic E-state index is 12.6. The van der Waals surface area contributed by atoms with E-state index in [1.54, 1.807) is 11.8 Å². The van der Waals surface area contributed by atoms with Crippen LogP contribution in [0.3, 0.4) is 0 Å². The molecule has 2 rings (SSSR count). The predicted molar refractivity (Wildman–Crippen MR) is 81.7 cm³/mol. The smallest absolute Gasteiger partial charge is 0.270 e. The Morgan fingerprint density at radius 2 is 2.32 bits per heavy atom. The van der Waals surface area contributed by atoms with Gasteiger partial charge in [-0.15, -0.1) is 0 Å². The lowest BCUT2D eigenvalue weighted by Gasteiger charge is -2.27. The number of carbonyl (C=O) groups excluding carboxylic acids is 1. The van der Waals surface area contributed by atoms with Gasteiger partial charge in [-0.05, 0) is 31.6 Å². The van der Waals surface area contributed by atoms with Gasteiger partial charge >= 0.3 is 0 Å². The maximum atomic E-state index is 12.6. The van der Waals surface area contributed by atoms with Crippen molar-refractivity contribution in [1.29, 1.82) is 0 Å². The number of rotatable bonds is 6. The van der Waals surface area contributed by atoms with Gasteiger partial charge in [0.1, 0.15) is 5.69 Å². The van der Waals surface area contributed by atoms with E-state index in [1.807, 2.05) is 24.2 Å². The molecule has 0 spiro atoms. The Bertz CT molecular complexity index is 454. The molecule has 0 bridgehead atoms. The number of amides is 1. The Hall–Kier alpha value is -1.10. The Balaban J connectivity index is 2.18. The molecule has 1 atom stereocenters. The SMILES string of the molecule is CCC(CSC)N(C)C(=O)c1cc(N)cn1C1CC1. The van der Waals surface area contributed by atoms with Crippen LogP contribution >= 0.6 is 11.8 Å². The zero-order valence-corrected chi connectivity index (χ0v) is 12.7. The number of nitrogens with two attached hydrogens (primary N) is 1. The van der Waals surface area contributed by atoms with Gasteiger partial charge in [0.05, 0.1) is 5.69 Å². The van der Waals surface area contributed by atoms with E-state index in [1.165, 1.54) is 0 Å². The molecule has 0 aromatic carbocycles. The first-order chi connectivity index (χ1) is 9.08. The maximum Gasteiger partial charge on any atom is 0.270 e. The van der Waals surface area contributed by atoms with Crippen LogP contribution < -0.4 is 5.73 Å². The minimum absolute atomic E-state index is 0.0875. The van der Waals surface area contributed by atoms with Crippen LogP contribution in [-0.4, -0.2) is 40.5 Å². The van der Waals surface area contributed by atoms with E-state index >= 15 is 0 Å². The lowest BCUT2D eigenvalue weighted by molar-refractivity contribution is 0.0732. The summed E-state index contributed by atoms with van der Waals surface area (Å²) in [5.74, 6) is 1.06. The van der Waals surface area contributed by atoms with Gasteiger partial charge in [0, 0.05) is 31.1 Å². The number of thioether (sulfide) groups is 1. The molecule has 1 aromatic heterocycles. The van der Waals surface area contributed by atoms with Crippen LogP contribution in [-0.2, 0) is 0 Å². The molecule has 106 valence electrons. The van der Waals surface area contributed by atoms with Crippen LogP contribution in [0.25, 0.3) is 0 Å². The van der Waals surface area contributed by atoms with Crippen LogP contribution in [0.15, 0.2) is 12.3 Å². The normalized spacial score (nSPS) is 16.4. The molecular weight excluding hydrogens is 258 g/mol. The van der Waals surface area contributed by atoms with Crippen molar-refractivity contribution in [2.45, 2.75) is 38.3 Å². The average molecular weight is 281 g/mol. The molecule has 1 heterocycles. The first kappa shape index (κ1) is 14.3. The molecule has 5 heteroatoms. The van der Waals surface area contributed by atoms with Gasteiger partial charge in [-0.3, -0.25) is 4.79 Å². The van der Waals surface area contributed by atoms with Crippen molar-refractivity contribution in [2.75, 3.05) is 24.8 Å². The lowest BCUT2D eigenvalue weighted by atomic mass is 10.2. The number of nitrogen functional groups attached to an aromatic ring is 1. The molecule has 1 fully saturated rings. The molecular formula is C14H23N3OS. The van der Waals surface area contributed by atoms with Crippen LogP contribution in [0, 0.1) is 0 Å². The van der Waals surface area contributed by atoms with Crippen molar-refractivity contribution in [1.82, 2.24) is 9.47 Å². The van der Waals surface area contributed by atoms with E-state index in [9.17, 15) is 4.79 Å². The number of nitrogens with zero attached hydrogens (tertiary/aromatic N) is 2. The highest BCUT2D eigenvalue weighted by atomic mass is 32.2. The molecule has 2 N–H and O–H groups in total. The average Bonchev–Trinajstić information content (AvgIpc) is 3.17. The van der Waals surface area contributed by atoms with Crippen LogP contribution in [0.1, 0.15) is 42.7 Å². The Morgan fingerprint density at radius 3 is 2.84 bits per heavy atom.